The van der Waals surface area contributed by atoms with Gasteiger partial charge in [0.15, 0.2) is 17.5 Å². The maximum absolute atomic E-state index is 13.4. The summed E-state index contributed by atoms with van der Waals surface area (Å²) in [5.74, 6) is -3.43. The number of nitrogens with one attached hydrogen (secondary N) is 8. The van der Waals surface area contributed by atoms with E-state index < -0.39 is 35.4 Å². The van der Waals surface area contributed by atoms with Gasteiger partial charge in [-0.15, -0.1) is 0 Å². The van der Waals surface area contributed by atoms with Crippen molar-refractivity contribution in [3.8, 4) is 0 Å². The maximum atomic E-state index is 13.4. The Hall–Kier alpha value is -9.70. The Labute approximate surface area is 447 Å². The third-order valence-corrected chi connectivity index (χ3v) is 11.8. The van der Waals surface area contributed by atoms with Crippen molar-refractivity contribution >= 4 is 87.6 Å². The van der Waals surface area contributed by atoms with Crippen LogP contribution in [0.2, 0.25) is 0 Å². The first-order chi connectivity index (χ1) is 37.0. The Bertz CT molecular complexity index is 3400. The zero-order valence-corrected chi connectivity index (χ0v) is 44.8. The van der Waals surface area contributed by atoms with Crippen molar-refractivity contribution in [3.63, 3.8) is 0 Å². The summed E-state index contributed by atoms with van der Waals surface area (Å²) in [6, 6.07) is 7.36. The lowest BCUT2D eigenvalue weighted by Gasteiger charge is -2.09. The van der Waals surface area contributed by atoms with E-state index in [4.69, 9.17) is 0 Å². The molecule has 7 aromatic heterocycles. The quantitative estimate of drug-likeness (QED) is 0.0453. The highest BCUT2D eigenvalue weighted by molar-refractivity contribution is 6.10. The summed E-state index contributed by atoms with van der Waals surface area (Å²) in [7, 11) is 17.5. The van der Waals surface area contributed by atoms with Crippen LogP contribution in [0.5, 0.6) is 0 Å². The SMILES string of the molecule is CN(C)CCCNC(=O)c1nc(NC(=O)c2nc(NC(=O)c3nc(NC(=O)c4ccc(C(=O)Nc5cc(C(=O)Nc6cc(C(=O)Nc7cc(NC(=O)CCCN(C)C)n(C)c7)n(C)c6)n(C)c5)nc4)cn3C)cn2C)cn1C. The average Bonchev–Trinajstić information content (AvgIpc) is 4.27. The lowest BCUT2D eigenvalue weighted by Crippen LogP contribution is -2.29. The van der Waals surface area contributed by atoms with Gasteiger partial charge >= 0.3 is 0 Å². The molecule has 78 heavy (non-hydrogen) atoms. The number of hydrogen-bond donors (Lipinski definition) is 8. The highest BCUT2D eigenvalue weighted by Crippen LogP contribution is 2.22. The van der Waals surface area contributed by atoms with Crippen molar-refractivity contribution < 1.29 is 38.4 Å². The van der Waals surface area contributed by atoms with E-state index in [1.807, 2.05) is 38.0 Å². The molecule has 0 aliphatic carbocycles. The van der Waals surface area contributed by atoms with E-state index >= 15 is 0 Å². The second kappa shape index (κ2) is 24.3. The molecule has 7 rings (SSSR count). The van der Waals surface area contributed by atoms with E-state index in [-0.39, 0.29) is 75.1 Å². The number of pyridine rings is 1. The number of amides is 8. The Kier molecular flexibility index (Phi) is 17.5. The third kappa shape index (κ3) is 14.2. The van der Waals surface area contributed by atoms with E-state index in [1.165, 1.54) is 73.5 Å². The fourth-order valence-electron chi connectivity index (χ4n) is 7.91. The first kappa shape index (κ1) is 56.0. The van der Waals surface area contributed by atoms with Gasteiger partial charge in [-0.25, -0.2) is 15.0 Å². The fourth-order valence-corrected chi connectivity index (χ4v) is 7.91. The number of hydrogen-bond acceptors (Lipinski definition) is 14. The first-order valence-corrected chi connectivity index (χ1v) is 24.3. The standard InChI is InChI=1S/C50H62N20O8/c1-63(2)17-11-13-40(71)62-39-21-32(25-67(39)7)55-47(75)35-20-31(24-66(35)6)54-46(74)34-19-30(23-65(34)5)53-45(73)33-15-14-29(22-52-33)44(72)59-36-26-69(9)42(57-36)49(77)61-38-28-70(10)43(58-38)50(78)60-37-27-68(8)41(56-37)48(76)51-16-12-18-64(3)4/h14-15,19-28H,11-13,16-18H2,1-10H3,(H,51,76)(H,53,73)(H,54,74)(H,55,75)(H,59,72)(H,60,78)(H,61,77)(H,62,71). The summed E-state index contributed by atoms with van der Waals surface area (Å²) >= 11 is 0. The van der Waals surface area contributed by atoms with Crippen LogP contribution in [-0.4, -0.2) is 152 Å². The molecular weight excluding hydrogens is 1010 g/mol. The van der Waals surface area contributed by atoms with Gasteiger partial charge in [0, 0.05) is 105 Å². The third-order valence-electron chi connectivity index (χ3n) is 11.8. The zero-order valence-electron chi connectivity index (χ0n) is 44.8. The lowest BCUT2D eigenvalue weighted by atomic mass is 10.2. The molecule has 0 spiro atoms. The van der Waals surface area contributed by atoms with E-state index in [9.17, 15) is 38.4 Å². The average molecular weight is 1070 g/mol. The monoisotopic (exact) mass is 1070 g/mol. The van der Waals surface area contributed by atoms with Crippen LogP contribution in [-0.2, 0) is 47.1 Å². The second-order valence-electron chi connectivity index (χ2n) is 18.9. The molecular formula is C50H62N20O8. The number of aromatic nitrogens is 10. The molecule has 0 aliphatic rings. The molecule has 410 valence electrons. The number of imidazole rings is 3. The van der Waals surface area contributed by atoms with Crippen LogP contribution < -0.4 is 42.5 Å². The number of rotatable bonds is 22. The minimum absolute atomic E-state index is 0.0297. The molecule has 0 saturated heterocycles. The largest absolute Gasteiger partial charge is 0.349 e. The minimum Gasteiger partial charge on any atom is -0.349 e. The molecule has 0 atom stereocenters. The van der Waals surface area contributed by atoms with Gasteiger partial charge in [-0.05, 0) is 78.4 Å². The van der Waals surface area contributed by atoms with E-state index in [0.29, 0.717) is 36.6 Å². The van der Waals surface area contributed by atoms with Gasteiger partial charge in [-0.2, -0.15) is 0 Å². The predicted molar refractivity (Wildman–Crippen MR) is 290 cm³/mol. The molecule has 0 saturated carbocycles. The molecule has 0 aliphatic heterocycles. The Morgan fingerprint density at radius 1 is 0.462 bits per heavy atom. The molecule has 7 heterocycles. The number of carbonyl (C=O) groups excluding carboxylic acids is 8. The summed E-state index contributed by atoms with van der Waals surface area (Å²) in [5.41, 5.74) is 1.57. The maximum Gasteiger partial charge on any atom is 0.292 e. The molecule has 0 bridgehead atoms. The number of aryl methyl sites for hydroxylation is 6. The van der Waals surface area contributed by atoms with E-state index in [2.05, 4.69) is 62.5 Å². The van der Waals surface area contributed by atoms with Crippen molar-refractivity contribution in [1.82, 2.24) is 62.5 Å². The van der Waals surface area contributed by atoms with Crippen molar-refractivity contribution in [2.45, 2.75) is 19.3 Å². The van der Waals surface area contributed by atoms with Gasteiger partial charge in [0.2, 0.25) is 23.4 Å². The molecule has 0 unspecified atom stereocenters. The molecule has 8 N–H and O–H groups in total. The summed E-state index contributed by atoms with van der Waals surface area (Å²) in [5, 5.41) is 21.8. The minimum atomic E-state index is -0.695. The molecule has 28 heteroatoms. The smallest absolute Gasteiger partial charge is 0.292 e. The zero-order chi connectivity index (χ0) is 56.5. The summed E-state index contributed by atoms with van der Waals surface area (Å²) in [6.45, 7) is 2.04. The number of carbonyl (C=O) groups is 8. The Morgan fingerprint density at radius 2 is 0.910 bits per heavy atom. The summed E-state index contributed by atoms with van der Waals surface area (Å²) < 4.78 is 9.04. The van der Waals surface area contributed by atoms with Gasteiger partial charge in [-0.3, -0.25) is 43.3 Å². The molecule has 8 amide bonds. The Balaban J connectivity index is 0.880. The van der Waals surface area contributed by atoms with Crippen LogP contribution >= 0.6 is 0 Å². The molecule has 0 aromatic carbocycles. The summed E-state index contributed by atoms with van der Waals surface area (Å²) in [6.07, 6.45) is 12.1. The van der Waals surface area contributed by atoms with Crippen LogP contribution in [0.15, 0.2) is 73.7 Å². The van der Waals surface area contributed by atoms with Crippen LogP contribution in [0.3, 0.4) is 0 Å². The second-order valence-corrected chi connectivity index (χ2v) is 18.9. The van der Waals surface area contributed by atoms with Crippen LogP contribution in [0, 0.1) is 0 Å². The van der Waals surface area contributed by atoms with E-state index in [1.54, 1.807) is 69.9 Å². The first-order valence-electron chi connectivity index (χ1n) is 24.3. The van der Waals surface area contributed by atoms with Crippen molar-refractivity contribution in [2.24, 2.45) is 42.3 Å². The summed E-state index contributed by atoms with van der Waals surface area (Å²) in [4.78, 5) is 126. The number of anilines is 7. The van der Waals surface area contributed by atoms with Gasteiger partial charge < -0.3 is 79.7 Å². The molecule has 0 radical (unpaired) electrons. The molecule has 7 aromatic rings. The van der Waals surface area contributed by atoms with Crippen LogP contribution in [0.1, 0.15) is 92.9 Å². The Morgan fingerprint density at radius 3 is 1.40 bits per heavy atom. The van der Waals surface area contributed by atoms with Gasteiger partial charge in [0.25, 0.3) is 41.4 Å². The highest BCUT2D eigenvalue weighted by Gasteiger charge is 2.23. The van der Waals surface area contributed by atoms with Gasteiger partial charge in [0.1, 0.15) is 22.9 Å². The molecule has 0 fully saturated rings. The molecule has 28 nitrogen and oxygen atoms in total. The topological polar surface area (TPSA) is 320 Å². The number of nitrogens with zero attached hydrogens (tertiary/aromatic N) is 12. The normalized spacial score (nSPS) is 11.1. The van der Waals surface area contributed by atoms with Crippen molar-refractivity contribution in [1.29, 1.82) is 0 Å². The van der Waals surface area contributed by atoms with Crippen molar-refractivity contribution in [2.75, 3.05) is 85.0 Å². The fraction of sp³-hybridized carbons (Fsp3) is 0.320. The lowest BCUT2D eigenvalue weighted by molar-refractivity contribution is -0.116. The predicted octanol–water partition coefficient (Wildman–Crippen LogP) is 2.77. The highest BCUT2D eigenvalue weighted by atomic mass is 16.2. The van der Waals surface area contributed by atoms with Crippen LogP contribution in [0.4, 0.5) is 40.3 Å². The van der Waals surface area contributed by atoms with Crippen LogP contribution in [0.25, 0.3) is 0 Å². The van der Waals surface area contributed by atoms with Crippen molar-refractivity contribution in [3.05, 3.63) is 114 Å². The van der Waals surface area contributed by atoms with Gasteiger partial charge in [-0.1, -0.05) is 0 Å². The van der Waals surface area contributed by atoms with Gasteiger partial charge in [0.05, 0.1) is 22.6 Å². The van der Waals surface area contributed by atoms with E-state index in [0.717, 1.165) is 19.5 Å².